The van der Waals surface area contributed by atoms with Crippen LogP contribution in [-0.2, 0) is 4.74 Å². The molecule has 0 bridgehead atoms. The first-order valence-corrected chi connectivity index (χ1v) is 10.1. The van der Waals surface area contributed by atoms with Gasteiger partial charge >= 0.3 is 5.97 Å². The van der Waals surface area contributed by atoms with E-state index in [4.69, 9.17) is 9.47 Å². The van der Waals surface area contributed by atoms with Crippen molar-refractivity contribution in [2.75, 3.05) is 13.7 Å². The summed E-state index contributed by atoms with van der Waals surface area (Å²) in [4.78, 5) is 16.8. The van der Waals surface area contributed by atoms with E-state index in [1.165, 1.54) is 7.11 Å². The van der Waals surface area contributed by atoms with Crippen molar-refractivity contribution in [3.05, 3.63) is 72.6 Å². The van der Waals surface area contributed by atoms with E-state index >= 15 is 0 Å². The summed E-state index contributed by atoms with van der Waals surface area (Å²) in [5.74, 6) is 0.268. The zero-order valence-corrected chi connectivity index (χ0v) is 18.1. The average molecular weight is 415 g/mol. The Morgan fingerprint density at radius 1 is 1.03 bits per heavy atom. The maximum absolute atomic E-state index is 12.2. The maximum atomic E-state index is 12.2. The van der Waals surface area contributed by atoms with Crippen LogP contribution in [0.3, 0.4) is 0 Å². The Morgan fingerprint density at radius 2 is 1.81 bits per heavy atom. The minimum atomic E-state index is -0.492. The lowest BCUT2D eigenvalue weighted by Gasteiger charge is -2.19. The van der Waals surface area contributed by atoms with Crippen molar-refractivity contribution < 1.29 is 14.3 Å². The van der Waals surface area contributed by atoms with Crippen LogP contribution in [0.1, 0.15) is 31.3 Å². The van der Waals surface area contributed by atoms with Crippen molar-refractivity contribution in [1.82, 2.24) is 14.8 Å². The van der Waals surface area contributed by atoms with Crippen LogP contribution in [0.25, 0.3) is 27.8 Å². The second kappa shape index (κ2) is 8.22. The highest BCUT2D eigenvalue weighted by Gasteiger charge is 2.19. The molecule has 2 aromatic carbocycles. The molecule has 0 saturated carbocycles. The summed E-state index contributed by atoms with van der Waals surface area (Å²) in [5.41, 5.74) is 3.48. The maximum Gasteiger partial charge on any atom is 0.358 e. The lowest BCUT2D eigenvalue weighted by molar-refractivity contribution is 0.0593. The zero-order valence-electron chi connectivity index (χ0n) is 18.1. The lowest BCUT2D eigenvalue weighted by atomic mass is 9.99. The summed E-state index contributed by atoms with van der Waals surface area (Å²) in [6, 6.07) is 19.3. The van der Waals surface area contributed by atoms with Crippen molar-refractivity contribution in [2.24, 2.45) is 5.41 Å². The smallest absolute Gasteiger partial charge is 0.358 e. The largest absolute Gasteiger partial charge is 0.493 e. The Balaban J connectivity index is 1.85. The number of pyridine rings is 1. The van der Waals surface area contributed by atoms with E-state index in [-0.39, 0.29) is 11.1 Å². The van der Waals surface area contributed by atoms with Gasteiger partial charge in [-0.3, -0.25) is 4.98 Å². The number of methoxy groups -OCH3 is 1. The Bertz CT molecular complexity index is 1230. The molecule has 0 aliphatic carbocycles. The standard InChI is InChI=1S/C25H25N3O3/c1-25(2,3)16-31-19-11-5-9-18(14-19)22-15-20(24(29)30-4)27-28(22)21-12-6-8-17-10-7-13-26-23(17)21/h5-15H,16H2,1-4H3. The first kappa shape index (κ1) is 20.6. The van der Waals surface area contributed by atoms with Crippen molar-refractivity contribution >= 4 is 16.9 Å². The minimum Gasteiger partial charge on any atom is -0.493 e. The molecule has 158 valence electrons. The molecule has 31 heavy (non-hydrogen) atoms. The predicted molar refractivity (Wildman–Crippen MR) is 121 cm³/mol. The SMILES string of the molecule is COC(=O)c1cc(-c2cccc(OCC(C)(C)C)c2)n(-c2cccc3cccnc23)n1. The van der Waals surface area contributed by atoms with E-state index < -0.39 is 5.97 Å². The molecule has 0 atom stereocenters. The highest BCUT2D eigenvalue weighted by molar-refractivity contribution is 5.91. The van der Waals surface area contributed by atoms with Gasteiger partial charge in [-0.05, 0) is 35.7 Å². The van der Waals surface area contributed by atoms with E-state index in [2.05, 4.69) is 30.9 Å². The molecule has 4 rings (SSSR count). The third-order valence-corrected chi connectivity index (χ3v) is 4.75. The minimum absolute atomic E-state index is 0.0461. The molecule has 6 heteroatoms. The summed E-state index contributed by atoms with van der Waals surface area (Å²) in [7, 11) is 1.35. The normalized spacial score (nSPS) is 11.5. The number of benzene rings is 2. The van der Waals surface area contributed by atoms with Crippen LogP contribution in [0.2, 0.25) is 0 Å². The fourth-order valence-electron chi connectivity index (χ4n) is 3.28. The molecule has 4 aromatic rings. The number of nitrogens with zero attached hydrogens (tertiary/aromatic N) is 3. The van der Waals surface area contributed by atoms with Gasteiger partial charge in [0.1, 0.15) is 5.75 Å². The first-order chi connectivity index (χ1) is 14.9. The topological polar surface area (TPSA) is 66.2 Å². The van der Waals surface area contributed by atoms with Crippen LogP contribution in [0, 0.1) is 5.41 Å². The van der Waals surface area contributed by atoms with Gasteiger partial charge < -0.3 is 9.47 Å². The van der Waals surface area contributed by atoms with Gasteiger partial charge in [-0.2, -0.15) is 5.10 Å². The first-order valence-electron chi connectivity index (χ1n) is 10.1. The Morgan fingerprint density at radius 3 is 2.58 bits per heavy atom. The zero-order chi connectivity index (χ0) is 22.0. The van der Waals surface area contributed by atoms with Gasteiger partial charge in [0.05, 0.1) is 30.6 Å². The number of fused-ring (bicyclic) bond motifs is 1. The van der Waals surface area contributed by atoms with Gasteiger partial charge in [-0.1, -0.05) is 51.1 Å². The number of aromatic nitrogens is 3. The molecule has 0 amide bonds. The molecule has 0 spiro atoms. The average Bonchev–Trinajstić information content (AvgIpc) is 3.22. The quantitative estimate of drug-likeness (QED) is 0.414. The van der Waals surface area contributed by atoms with Crippen LogP contribution < -0.4 is 4.74 Å². The Hall–Kier alpha value is -3.67. The Labute approximate surface area is 181 Å². The molecular weight excluding hydrogens is 390 g/mol. The summed E-state index contributed by atoms with van der Waals surface area (Å²) in [6.45, 7) is 6.97. The molecule has 0 aliphatic heterocycles. The van der Waals surface area contributed by atoms with Crippen LogP contribution in [0.15, 0.2) is 66.9 Å². The third-order valence-electron chi connectivity index (χ3n) is 4.75. The number of para-hydroxylation sites is 1. The van der Waals surface area contributed by atoms with E-state index in [0.29, 0.717) is 6.61 Å². The van der Waals surface area contributed by atoms with E-state index in [9.17, 15) is 4.79 Å². The molecule has 6 nitrogen and oxygen atoms in total. The number of hydrogen-bond acceptors (Lipinski definition) is 5. The number of ether oxygens (including phenoxy) is 2. The molecule has 0 fully saturated rings. The molecular formula is C25H25N3O3. The molecule has 0 radical (unpaired) electrons. The second-order valence-electron chi connectivity index (χ2n) is 8.55. The molecule has 0 saturated heterocycles. The van der Waals surface area contributed by atoms with Gasteiger partial charge in [-0.15, -0.1) is 0 Å². The van der Waals surface area contributed by atoms with E-state index in [0.717, 1.165) is 33.6 Å². The molecule has 0 aliphatic rings. The van der Waals surface area contributed by atoms with Gasteiger partial charge in [-0.25, -0.2) is 9.48 Å². The second-order valence-corrected chi connectivity index (χ2v) is 8.55. The predicted octanol–water partition coefficient (Wildman–Crippen LogP) is 5.30. The fraction of sp³-hybridized carbons (Fsp3) is 0.240. The number of esters is 1. The number of carbonyl (C=O) groups excluding carboxylic acids is 1. The summed E-state index contributed by atoms with van der Waals surface area (Å²) >= 11 is 0. The number of rotatable bonds is 5. The highest BCUT2D eigenvalue weighted by Crippen LogP contribution is 2.30. The van der Waals surface area contributed by atoms with Crippen LogP contribution in [0.5, 0.6) is 5.75 Å². The monoisotopic (exact) mass is 415 g/mol. The van der Waals surface area contributed by atoms with Crippen molar-refractivity contribution in [1.29, 1.82) is 0 Å². The van der Waals surface area contributed by atoms with Crippen molar-refractivity contribution in [2.45, 2.75) is 20.8 Å². The Kier molecular flexibility index (Phi) is 5.46. The van der Waals surface area contributed by atoms with Gasteiger partial charge in [0.25, 0.3) is 0 Å². The summed E-state index contributed by atoms with van der Waals surface area (Å²) in [5, 5.41) is 5.54. The number of carbonyl (C=O) groups is 1. The van der Waals surface area contributed by atoms with Crippen LogP contribution >= 0.6 is 0 Å². The van der Waals surface area contributed by atoms with Crippen LogP contribution in [-0.4, -0.2) is 34.5 Å². The molecule has 0 unspecified atom stereocenters. The lowest BCUT2D eigenvalue weighted by Crippen LogP contribution is -2.16. The summed E-state index contributed by atoms with van der Waals surface area (Å²) < 4.78 is 12.6. The molecule has 2 heterocycles. The fourth-order valence-corrected chi connectivity index (χ4v) is 3.28. The third kappa shape index (κ3) is 4.43. The van der Waals surface area contributed by atoms with E-state index in [1.54, 1.807) is 16.9 Å². The van der Waals surface area contributed by atoms with Crippen LogP contribution in [0.4, 0.5) is 0 Å². The van der Waals surface area contributed by atoms with Crippen molar-refractivity contribution in [3.63, 3.8) is 0 Å². The highest BCUT2D eigenvalue weighted by atomic mass is 16.5. The molecule has 2 aromatic heterocycles. The van der Waals surface area contributed by atoms with Crippen molar-refractivity contribution in [3.8, 4) is 22.7 Å². The van der Waals surface area contributed by atoms with Gasteiger partial charge in [0.15, 0.2) is 5.69 Å². The van der Waals surface area contributed by atoms with E-state index in [1.807, 2.05) is 54.6 Å². The van der Waals surface area contributed by atoms with Gasteiger partial charge in [0.2, 0.25) is 0 Å². The summed E-state index contributed by atoms with van der Waals surface area (Å²) in [6.07, 6.45) is 1.75. The van der Waals surface area contributed by atoms with Gasteiger partial charge in [0, 0.05) is 17.1 Å². The molecule has 0 N–H and O–H groups in total. The number of hydrogen-bond donors (Lipinski definition) is 0.